The molecule has 2 aromatic rings. The fourth-order valence-electron chi connectivity index (χ4n) is 3.11. The van der Waals surface area contributed by atoms with E-state index in [9.17, 15) is 19.5 Å². The number of aliphatic carboxylic acids is 1. The van der Waals surface area contributed by atoms with Crippen molar-refractivity contribution in [3.8, 4) is 0 Å². The summed E-state index contributed by atoms with van der Waals surface area (Å²) >= 11 is 0. The second-order valence-electron chi connectivity index (χ2n) is 5.38. The highest BCUT2D eigenvalue weighted by molar-refractivity contribution is 6.23. The molecule has 0 spiro atoms. The molecular formula is C18H15NO4. The first-order chi connectivity index (χ1) is 11.0. The fraction of sp³-hybridized carbons (Fsp3) is 0.167. The highest BCUT2D eigenvalue weighted by Gasteiger charge is 2.53. The zero-order valence-electron chi connectivity index (χ0n) is 12.5. The first-order valence-electron chi connectivity index (χ1n) is 7.31. The van der Waals surface area contributed by atoms with Gasteiger partial charge in [0, 0.05) is 0 Å². The Balaban J connectivity index is 2.23. The van der Waals surface area contributed by atoms with Crippen molar-refractivity contribution in [2.24, 2.45) is 0 Å². The SMILES string of the molecule is CC[C@](C(=O)O)(c1ccccc1)N1C(=O)c2ccccc2C1=O. The number of nitrogens with zero attached hydrogens (tertiary/aromatic N) is 1. The van der Waals surface area contributed by atoms with Crippen molar-refractivity contribution in [1.82, 2.24) is 4.90 Å². The summed E-state index contributed by atoms with van der Waals surface area (Å²) in [6, 6.07) is 14.8. The van der Waals surface area contributed by atoms with E-state index in [-0.39, 0.29) is 17.5 Å². The molecule has 0 saturated carbocycles. The van der Waals surface area contributed by atoms with Crippen LogP contribution in [0.5, 0.6) is 0 Å². The third-order valence-electron chi connectivity index (χ3n) is 4.29. The molecule has 5 heteroatoms. The van der Waals surface area contributed by atoms with E-state index in [1.54, 1.807) is 61.5 Å². The summed E-state index contributed by atoms with van der Waals surface area (Å²) in [5.41, 5.74) is -0.821. The summed E-state index contributed by atoms with van der Waals surface area (Å²) in [5.74, 6) is -2.36. The normalized spacial score (nSPS) is 16.1. The fourth-order valence-corrected chi connectivity index (χ4v) is 3.11. The molecule has 116 valence electrons. The molecule has 3 rings (SSSR count). The lowest BCUT2D eigenvalue weighted by molar-refractivity contribution is -0.149. The van der Waals surface area contributed by atoms with Crippen LogP contribution >= 0.6 is 0 Å². The molecule has 2 amide bonds. The number of carboxylic acids is 1. The standard InChI is InChI=1S/C18H15NO4/c1-2-18(17(22)23,12-8-4-3-5-9-12)19-15(20)13-10-6-7-11-14(13)16(19)21/h3-11H,2H2,1H3,(H,22,23)/t18-/m1/s1. The average Bonchev–Trinajstić information content (AvgIpc) is 2.83. The Hall–Kier alpha value is -2.95. The quantitative estimate of drug-likeness (QED) is 0.881. The van der Waals surface area contributed by atoms with Crippen LogP contribution in [-0.2, 0) is 10.3 Å². The van der Waals surface area contributed by atoms with Gasteiger partial charge in [0.05, 0.1) is 11.1 Å². The minimum atomic E-state index is -1.71. The number of rotatable bonds is 4. The predicted molar refractivity (Wildman–Crippen MR) is 83.0 cm³/mol. The predicted octanol–water partition coefficient (Wildman–Crippen LogP) is 2.67. The molecule has 2 aromatic carbocycles. The summed E-state index contributed by atoms with van der Waals surface area (Å²) in [7, 11) is 0. The van der Waals surface area contributed by atoms with Crippen LogP contribution in [0.3, 0.4) is 0 Å². The molecule has 0 radical (unpaired) electrons. The maximum absolute atomic E-state index is 12.7. The number of benzene rings is 2. The van der Waals surface area contributed by atoms with Crippen LogP contribution in [0.1, 0.15) is 39.6 Å². The van der Waals surface area contributed by atoms with Crippen molar-refractivity contribution in [3.05, 3.63) is 71.3 Å². The Morgan fingerprint density at radius 2 is 1.43 bits per heavy atom. The topological polar surface area (TPSA) is 74.7 Å². The van der Waals surface area contributed by atoms with Crippen molar-refractivity contribution >= 4 is 17.8 Å². The van der Waals surface area contributed by atoms with Crippen molar-refractivity contribution in [3.63, 3.8) is 0 Å². The molecule has 0 aromatic heterocycles. The highest BCUT2D eigenvalue weighted by atomic mass is 16.4. The van der Waals surface area contributed by atoms with E-state index in [2.05, 4.69) is 0 Å². The molecule has 0 bridgehead atoms. The number of amides is 2. The summed E-state index contributed by atoms with van der Waals surface area (Å²) in [6.07, 6.45) is 0.0812. The van der Waals surface area contributed by atoms with E-state index in [0.29, 0.717) is 5.56 Å². The Morgan fingerprint density at radius 3 is 1.87 bits per heavy atom. The molecule has 1 atom stereocenters. The highest BCUT2D eigenvalue weighted by Crippen LogP contribution is 2.38. The molecule has 0 saturated heterocycles. The number of hydrogen-bond acceptors (Lipinski definition) is 3. The van der Waals surface area contributed by atoms with Gasteiger partial charge < -0.3 is 5.11 Å². The maximum atomic E-state index is 12.7. The largest absolute Gasteiger partial charge is 0.479 e. The van der Waals surface area contributed by atoms with Crippen LogP contribution in [0.2, 0.25) is 0 Å². The van der Waals surface area contributed by atoms with Crippen LogP contribution in [0.4, 0.5) is 0 Å². The molecule has 1 aliphatic rings. The summed E-state index contributed by atoms with van der Waals surface area (Å²) in [6.45, 7) is 1.66. The summed E-state index contributed by atoms with van der Waals surface area (Å²) in [5, 5.41) is 9.91. The lowest BCUT2D eigenvalue weighted by atomic mass is 9.85. The Morgan fingerprint density at radius 1 is 0.957 bits per heavy atom. The van der Waals surface area contributed by atoms with Crippen LogP contribution < -0.4 is 0 Å². The number of hydrogen-bond donors (Lipinski definition) is 1. The smallest absolute Gasteiger partial charge is 0.334 e. The van der Waals surface area contributed by atoms with Crippen molar-refractivity contribution in [1.29, 1.82) is 0 Å². The van der Waals surface area contributed by atoms with Gasteiger partial charge >= 0.3 is 5.97 Å². The zero-order valence-corrected chi connectivity index (χ0v) is 12.5. The number of carboxylic acid groups (broad SMARTS) is 1. The Kier molecular flexibility index (Phi) is 3.48. The van der Waals surface area contributed by atoms with E-state index in [1.807, 2.05) is 0 Å². The molecule has 1 aliphatic heterocycles. The second kappa shape index (κ2) is 5.35. The van der Waals surface area contributed by atoms with Crippen molar-refractivity contribution in [2.45, 2.75) is 18.9 Å². The summed E-state index contributed by atoms with van der Waals surface area (Å²) in [4.78, 5) is 38.5. The lowest BCUT2D eigenvalue weighted by Gasteiger charge is -2.36. The van der Waals surface area contributed by atoms with Gasteiger partial charge in [0.2, 0.25) is 0 Å². The minimum Gasteiger partial charge on any atom is -0.479 e. The minimum absolute atomic E-state index is 0.0812. The van der Waals surface area contributed by atoms with Crippen LogP contribution in [0, 0.1) is 0 Å². The first-order valence-corrected chi connectivity index (χ1v) is 7.31. The van der Waals surface area contributed by atoms with Crippen LogP contribution in [0.15, 0.2) is 54.6 Å². The molecule has 0 unspecified atom stereocenters. The third-order valence-corrected chi connectivity index (χ3v) is 4.29. The van der Waals surface area contributed by atoms with Crippen LogP contribution in [-0.4, -0.2) is 27.8 Å². The number of carbonyl (C=O) groups is 3. The van der Waals surface area contributed by atoms with Gasteiger partial charge in [-0.1, -0.05) is 49.4 Å². The van der Waals surface area contributed by atoms with Gasteiger partial charge in [0.25, 0.3) is 11.8 Å². The van der Waals surface area contributed by atoms with Crippen molar-refractivity contribution < 1.29 is 19.5 Å². The van der Waals surface area contributed by atoms with E-state index >= 15 is 0 Å². The summed E-state index contributed by atoms with van der Waals surface area (Å²) < 4.78 is 0. The first kappa shape index (κ1) is 15.0. The van der Waals surface area contributed by atoms with Gasteiger partial charge in [-0.25, -0.2) is 4.79 Å². The molecule has 5 nitrogen and oxygen atoms in total. The van der Waals surface area contributed by atoms with Gasteiger partial charge in [0.1, 0.15) is 0 Å². The monoisotopic (exact) mass is 309 g/mol. The van der Waals surface area contributed by atoms with Crippen LogP contribution in [0.25, 0.3) is 0 Å². The third kappa shape index (κ3) is 1.97. The average molecular weight is 309 g/mol. The number of carbonyl (C=O) groups excluding carboxylic acids is 2. The van der Waals surface area contributed by atoms with Crippen molar-refractivity contribution in [2.75, 3.05) is 0 Å². The van der Waals surface area contributed by atoms with Gasteiger partial charge in [-0.2, -0.15) is 0 Å². The molecular weight excluding hydrogens is 294 g/mol. The zero-order chi connectivity index (χ0) is 16.6. The second-order valence-corrected chi connectivity index (χ2v) is 5.38. The maximum Gasteiger partial charge on any atom is 0.334 e. The number of imide groups is 1. The Bertz CT molecular complexity index is 765. The Labute approximate surface area is 133 Å². The molecule has 0 fully saturated rings. The van der Waals surface area contributed by atoms with E-state index in [0.717, 1.165) is 4.90 Å². The number of fused-ring (bicyclic) bond motifs is 1. The molecule has 23 heavy (non-hydrogen) atoms. The van der Waals surface area contributed by atoms with E-state index in [1.165, 1.54) is 0 Å². The molecule has 1 heterocycles. The lowest BCUT2D eigenvalue weighted by Crippen LogP contribution is -2.54. The van der Waals surface area contributed by atoms with Gasteiger partial charge in [-0.3, -0.25) is 14.5 Å². The van der Waals surface area contributed by atoms with Gasteiger partial charge in [0.15, 0.2) is 5.54 Å². The molecule has 0 aliphatic carbocycles. The van der Waals surface area contributed by atoms with E-state index in [4.69, 9.17) is 0 Å². The van der Waals surface area contributed by atoms with E-state index < -0.39 is 23.3 Å². The molecule has 1 N–H and O–H groups in total. The van der Waals surface area contributed by atoms with Gasteiger partial charge in [-0.15, -0.1) is 0 Å². The van der Waals surface area contributed by atoms with Gasteiger partial charge in [-0.05, 0) is 24.1 Å².